The van der Waals surface area contributed by atoms with E-state index in [0.29, 0.717) is 25.9 Å². The molecule has 2 aromatic carbocycles. The van der Waals surface area contributed by atoms with E-state index in [-0.39, 0.29) is 22.7 Å². The zero-order chi connectivity index (χ0) is 26.9. The van der Waals surface area contributed by atoms with Crippen LogP contribution in [0.4, 0.5) is 13.2 Å². The molecule has 0 saturated heterocycles. The van der Waals surface area contributed by atoms with Gasteiger partial charge >= 0.3 is 11.9 Å². The number of nitrogens with zero attached hydrogens (tertiary/aromatic N) is 3. The zero-order valence-corrected chi connectivity index (χ0v) is 21.2. The van der Waals surface area contributed by atoms with Gasteiger partial charge < -0.3 is 5.32 Å². The van der Waals surface area contributed by atoms with Crippen LogP contribution in [-0.4, -0.2) is 26.1 Å². The third-order valence-corrected chi connectivity index (χ3v) is 7.40. The normalized spacial score (nSPS) is 18.0. The van der Waals surface area contributed by atoms with E-state index in [9.17, 15) is 22.8 Å². The van der Waals surface area contributed by atoms with E-state index < -0.39 is 23.2 Å². The van der Waals surface area contributed by atoms with Crippen molar-refractivity contribution in [3.05, 3.63) is 99.2 Å². The topological polar surface area (TPSA) is 68.9 Å². The Morgan fingerprint density at radius 2 is 1.63 bits per heavy atom. The molecule has 0 radical (unpaired) electrons. The minimum atomic E-state index is -4.65. The highest BCUT2D eigenvalue weighted by Gasteiger charge is 2.36. The first-order chi connectivity index (χ1) is 18.2. The summed E-state index contributed by atoms with van der Waals surface area (Å²) >= 11 is 5.87. The molecule has 2 aromatic heterocycles. The number of alkyl halides is 3. The van der Waals surface area contributed by atoms with Crippen molar-refractivity contribution >= 4 is 28.5 Å². The lowest BCUT2D eigenvalue weighted by Gasteiger charge is -2.29. The Labute approximate surface area is 222 Å². The van der Waals surface area contributed by atoms with Crippen LogP contribution in [0.3, 0.4) is 0 Å². The van der Waals surface area contributed by atoms with E-state index in [1.165, 1.54) is 0 Å². The zero-order valence-electron chi connectivity index (χ0n) is 20.4. The number of halogens is 4. The molecule has 4 aromatic rings. The molecule has 1 aliphatic carbocycles. The summed E-state index contributed by atoms with van der Waals surface area (Å²) in [5, 5.41) is 2.83. The van der Waals surface area contributed by atoms with E-state index in [2.05, 4.69) is 10.3 Å². The second kappa shape index (κ2) is 10.6. The Morgan fingerprint density at radius 3 is 2.29 bits per heavy atom. The van der Waals surface area contributed by atoms with Crippen LogP contribution in [0.1, 0.15) is 47.2 Å². The lowest BCUT2D eigenvalue weighted by Crippen LogP contribution is -2.39. The van der Waals surface area contributed by atoms with Crippen molar-refractivity contribution in [3.8, 4) is 0 Å². The summed E-state index contributed by atoms with van der Waals surface area (Å²) in [4.78, 5) is 30.2. The van der Waals surface area contributed by atoms with Gasteiger partial charge in [0.2, 0.25) is 0 Å². The van der Waals surface area contributed by atoms with Crippen molar-refractivity contribution in [3.63, 3.8) is 0 Å². The molecule has 10 heteroatoms. The maximum absolute atomic E-state index is 13.4. The number of nitrogens with one attached hydrogen (secondary N) is 1. The largest absolute Gasteiger partial charge is 0.417 e. The second-order valence-electron chi connectivity index (χ2n) is 9.70. The fourth-order valence-corrected chi connectivity index (χ4v) is 5.41. The standard InChI is InChI=1S/C28H26ClF3N4O2/c29-20-7-10-23(28(30,31)32)22(15-20)26(37)34-21-8-5-18(6-9-21)16-35-24-3-1-2-4-25(24)36(27(35)38)17-19-11-13-33-14-12-19/h1-4,7,10-15,18,21H,5-6,8-9,16-17H2,(H,34,37). The summed E-state index contributed by atoms with van der Waals surface area (Å²) < 4.78 is 43.7. The van der Waals surface area contributed by atoms with Crippen LogP contribution in [0.5, 0.6) is 0 Å². The molecule has 198 valence electrons. The summed E-state index contributed by atoms with van der Waals surface area (Å²) in [7, 11) is 0. The average Bonchev–Trinajstić information content (AvgIpc) is 3.15. The molecule has 0 spiro atoms. The van der Waals surface area contributed by atoms with Crippen molar-refractivity contribution in [2.45, 2.75) is 51.0 Å². The second-order valence-corrected chi connectivity index (χ2v) is 10.1. The summed E-state index contributed by atoms with van der Waals surface area (Å²) in [5.74, 6) is -0.573. The molecule has 1 amide bonds. The molecule has 0 aliphatic heterocycles. The van der Waals surface area contributed by atoms with Crippen molar-refractivity contribution in [2.24, 2.45) is 5.92 Å². The first-order valence-electron chi connectivity index (χ1n) is 12.5. The SMILES string of the molecule is O=C(NC1CCC(Cn2c(=O)n(Cc3ccncc3)c3ccccc32)CC1)c1cc(Cl)ccc1C(F)(F)F. The van der Waals surface area contributed by atoms with Gasteiger partial charge in [-0.25, -0.2) is 4.79 Å². The smallest absolute Gasteiger partial charge is 0.349 e. The average molecular weight is 543 g/mol. The first kappa shape index (κ1) is 26.0. The van der Waals surface area contributed by atoms with Crippen LogP contribution in [0.2, 0.25) is 5.02 Å². The van der Waals surface area contributed by atoms with Crippen LogP contribution >= 0.6 is 11.6 Å². The van der Waals surface area contributed by atoms with Crippen LogP contribution in [0, 0.1) is 5.92 Å². The molecule has 0 bridgehead atoms. The molecule has 5 rings (SSSR count). The first-order valence-corrected chi connectivity index (χ1v) is 12.8. The van der Waals surface area contributed by atoms with Crippen molar-refractivity contribution in [1.29, 1.82) is 0 Å². The number of carbonyl (C=O) groups is 1. The van der Waals surface area contributed by atoms with Crippen molar-refractivity contribution in [1.82, 2.24) is 19.4 Å². The van der Waals surface area contributed by atoms with Crippen LogP contribution in [-0.2, 0) is 19.3 Å². The predicted octanol–water partition coefficient (Wildman–Crippen LogP) is 5.91. The summed E-state index contributed by atoms with van der Waals surface area (Å²) in [6.07, 6.45) is 1.45. The van der Waals surface area contributed by atoms with Gasteiger partial charge in [-0.05, 0) is 79.6 Å². The number of aromatic nitrogens is 3. The molecular formula is C28H26ClF3N4O2. The lowest BCUT2D eigenvalue weighted by molar-refractivity contribution is -0.137. The van der Waals surface area contributed by atoms with Gasteiger partial charge in [0.05, 0.1) is 28.7 Å². The summed E-state index contributed by atoms with van der Waals surface area (Å²) in [5.41, 5.74) is 1.14. The van der Waals surface area contributed by atoms with Crippen molar-refractivity contribution in [2.75, 3.05) is 0 Å². The molecular weight excluding hydrogens is 517 g/mol. The van der Waals surface area contributed by atoms with Crippen molar-refractivity contribution < 1.29 is 18.0 Å². The van der Waals surface area contributed by atoms with E-state index in [1.54, 1.807) is 17.0 Å². The number of hydrogen-bond acceptors (Lipinski definition) is 3. The number of pyridine rings is 1. The van der Waals surface area contributed by atoms with E-state index in [1.807, 2.05) is 41.0 Å². The highest BCUT2D eigenvalue weighted by molar-refractivity contribution is 6.31. The molecule has 38 heavy (non-hydrogen) atoms. The molecule has 1 aliphatic rings. The molecule has 0 atom stereocenters. The van der Waals surface area contributed by atoms with Gasteiger partial charge in [-0.3, -0.25) is 18.9 Å². The third-order valence-electron chi connectivity index (χ3n) is 7.17. The van der Waals surface area contributed by atoms with Crippen LogP contribution in [0.25, 0.3) is 11.0 Å². The third kappa shape index (κ3) is 5.48. The van der Waals surface area contributed by atoms with Gasteiger partial charge in [0.15, 0.2) is 0 Å². The Hall–Kier alpha value is -3.59. The van der Waals surface area contributed by atoms with Crippen LogP contribution in [0.15, 0.2) is 71.8 Å². The number of carbonyl (C=O) groups excluding carboxylic acids is 1. The lowest BCUT2D eigenvalue weighted by atomic mass is 9.85. The molecule has 1 fully saturated rings. The highest BCUT2D eigenvalue weighted by atomic mass is 35.5. The van der Waals surface area contributed by atoms with Gasteiger partial charge in [-0.15, -0.1) is 0 Å². The summed E-state index contributed by atoms with van der Waals surface area (Å²) in [6, 6.07) is 14.2. The Bertz CT molecular complexity index is 1510. The van der Waals surface area contributed by atoms with Gasteiger partial charge in [-0.1, -0.05) is 23.7 Å². The fourth-order valence-electron chi connectivity index (χ4n) is 5.23. The molecule has 2 heterocycles. The van der Waals surface area contributed by atoms with E-state index >= 15 is 0 Å². The number of amides is 1. The van der Waals surface area contributed by atoms with Gasteiger partial charge in [0.1, 0.15) is 0 Å². The summed E-state index contributed by atoms with van der Waals surface area (Å²) in [6.45, 7) is 0.979. The highest BCUT2D eigenvalue weighted by Crippen LogP contribution is 2.34. The molecule has 1 saturated carbocycles. The van der Waals surface area contributed by atoms with Crippen LogP contribution < -0.4 is 11.0 Å². The Kier molecular flexibility index (Phi) is 7.29. The van der Waals surface area contributed by atoms with E-state index in [0.717, 1.165) is 47.6 Å². The van der Waals surface area contributed by atoms with Gasteiger partial charge in [0, 0.05) is 30.0 Å². The Balaban J connectivity index is 1.27. The minimum absolute atomic E-state index is 0.0698. The quantitative estimate of drug-likeness (QED) is 0.329. The number of hydrogen-bond donors (Lipinski definition) is 1. The number of imidazole rings is 1. The molecule has 6 nitrogen and oxygen atoms in total. The van der Waals surface area contributed by atoms with Gasteiger partial charge in [0.25, 0.3) is 5.91 Å². The maximum Gasteiger partial charge on any atom is 0.417 e. The van der Waals surface area contributed by atoms with E-state index in [4.69, 9.17) is 11.6 Å². The minimum Gasteiger partial charge on any atom is -0.349 e. The monoisotopic (exact) mass is 542 g/mol. The molecule has 1 N–H and O–H groups in total. The Morgan fingerprint density at radius 1 is 0.974 bits per heavy atom. The fraction of sp³-hybridized carbons (Fsp3) is 0.321. The maximum atomic E-state index is 13.4. The predicted molar refractivity (Wildman–Crippen MR) is 139 cm³/mol. The number of rotatable bonds is 6. The molecule has 0 unspecified atom stereocenters. The number of fused-ring (bicyclic) bond motifs is 1. The number of para-hydroxylation sites is 2. The van der Waals surface area contributed by atoms with Gasteiger partial charge in [-0.2, -0.15) is 13.2 Å². The number of benzene rings is 2.